The van der Waals surface area contributed by atoms with E-state index in [-0.39, 0.29) is 41.2 Å². The number of halogens is 1. The highest BCUT2D eigenvalue weighted by Gasteiger charge is 2.67. The van der Waals surface area contributed by atoms with Gasteiger partial charge >= 0.3 is 5.97 Å². The largest absolute Gasteiger partial charge is 0.462 e. The Morgan fingerprint density at radius 1 is 1.14 bits per heavy atom. The first-order valence-corrected chi connectivity index (χ1v) is 10.8. The Labute approximate surface area is 167 Å². The number of alkyl halides is 1. The van der Waals surface area contributed by atoms with Gasteiger partial charge in [0.15, 0.2) is 0 Å². The second-order valence-electron chi connectivity index (χ2n) is 10.3. The molecule has 0 bridgehead atoms. The van der Waals surface area contributed by atoms with E-state index in [2.05, 4.69) is 19.8 Å². The monoisotopic (exact) mass is 392 g/mol. The van der Waals surface area contributed by atoms with E-state index < -0.39 is 23.3 Å². The minimum atomic E-state index is -1.28. The number of rotatable bonds is 1. The molecular weight excluding hydrogens is 359 g/mol. The summed E-state index contributed by atoms with van der Waals surface area (Å²) in [6.07, 6.45) is 7.87. The number of hydrogen-bond donors (Lipinski definition) is 2. The van der Waals surface area contributed by atoms with Crippen LogP contribution in [0.25, 0.3) is 0 Å². The van der Waals surface area contributed by atoms with Crippen molar-refractivity contribution in [3.63, 3.8) is 0 Å². The van der Waals surface area contributed by atoms with Crippen LogP contribution in [0.5, 0.6) is 0 Å². The van der Waals surface area contributed by atoms with Crippen LogP contribution in [-0.4, -0.2) is 40.2 Å². The maximum Gasteiger partial charge on any atom is 0.302 e. The van der Waals surface area contributed by atoms with Crippen LogP contribution in [0.15, 0.2) is 0 Å². The number of terminal acetylenes is 1. The fourth-order valence-corrected chi connectivity index (χ4v) is 7.78. The summed E-state index contributed by atoms with van der Waals surface area (Å²) in [5.74, 6) is 2.45. The van der Waals surface area contributed by atoms with Crippen molar-refractivity contribution < 1.29 is 24.1 Å². The summed E-state index contributed by atoms with van der Waals surface area (Å²) >= 11 is 0. The first kappa shape index (κ1) is 20.2. The minimum Gasteiger partial charge on any atom is -0.462 e. The number of carbonyl (C=O) groups excluding carboxylic acids is 1. The van der Waals surface area contributed by atoms with Crippen LogP contribution >= 0.6 is 0 Å². The van der Waals surface area contributed by atoms with E-state index in [1.165, 1.54) is 6.92 Å². The molecule has 0 amide bonds. The van der Waals surface area contributed by atoms with Crippen molar-refractivity contribution in [3.05, 3.63) is 0 Å². The number of ether oxygens (including phenoxy) is 1. The van der Waals surface area contributed by atoms with Gasteiger partial charge in [-0.05, 0) is 62.2 Å². The summed E-state index contributed by atoms with van der Waals surface area (Å²) in [7, 11) is 0. The van der Waals surface area contributed by atoms with Crippen LogP contribution in [0.2, 0.25) is 0 Å². The van der Waals surface area contributed by atoms with E-state index in [0.29, 0.717) is 19.3 Å². The van der Waals surface area contributed by atoms with E-state index in [1.807, 2.05) is 0 Å². The zero-order valence-electron chi connectivity index (χ0n) is 17.2. The van der Waals surface area contributed by atoms with Gasteiger partial charge in [0.05, 0.1) is 6.10 Å². The van der Waals surface area contributed by atoms with E-state index in [4.69, 9.17) is 11.2 Å². The van der Waals surface area contributed by atoms with Gasteiger partial charge in [-0.2, -0.15) is 0 Å². The van der Waals surface area contributed by atoms with Gasteiger partial charge in [-0.25, -0.2) is 4.39 Å². The van der Waals surface area contributed by atoms with Gasteiger partial charge in [-0.15, -0.1) is 6.42 Å². The third-order valence-corrected chi connectivity index (χ3v) is 9.38. The third-order valence-electron chi connectivity index (χ3n) is 9.38. The van der Waals surface area contributed by atoms with Gasteiger partial charge in [0.1, 0.15) is 17.9 Å². The highest BCUT2D eigenvalue weighted by Crippen LogP contribution is 2.68. The Morgan fingerprint density at radius 2 is 1.82 bits per heavy atom. The van der Waals surface area contributed by atoms with Gasteiger partial charge in [0.2, 0.25) is 0 Å². The average Bonchev–Trinajstić information content (AvgIpc) is 2.91. The van der Waals surface area contributed by atoms with Gasteiger partial charge in [-0.3, -0.25) is 4.79 Å². The molecule has 0 heterocycles. The fraction of sp³-hybridized carbons (Fsp3) is 0.870. The lowest BCUT2D eigenvalue weighted by atomic mass is 9.43. The zero-order chi connectivity index (χ0) is 20.5. The summed E-state index contributed by atoms with van der Waals surface area (Å²) in [5.41, 5.74) is -1.77. The van der Waals surface area contributed by atoms with Crippen LogP contribution < -0.4 is 0 Å². The molecule has 10 atom stereocenters. The number of esters is 1. The first-order chi connectivity index (χ1) is 13.1. The van der Waals surface area contributed by atoms with Crippen LogP contribution in [0.3, 0.4) is 0 Å². The maximum atomic E-state index is 15.1. The Kier molecular flexibility index (Phi) is 4.64. The van der Waals surface area contributed by atoms with Gasteiger partial charge in [-0.1, -0.05) is 19.8 Å². The lowest BCUT2D eigenvalue weighted by Crippen LogP contribution is -2.63. The molecule has 5 heteroatoms. The predicted molar refractivity (Wildman–Crippen MR) is 103 cm³/mol. The zero-order valence-corrected chi connectivity index (χ0v) is 17.2. The summed E-state index contributed by atoms with van der Waals surface area (Å²) in [4.78, 5) is 11.9. The Balaban J connectivity index is 1.75. The Morgan fingerprint density at radius 3 is 2.46 bits per heavy atom. The molecule has 0 saturated heterocycles. The molecule has 4 aliphatic rings. The van der Waals surface area contributed by atoms with Crippen molar-refractivity contribution in [2.45, 2.75) is 89.7 Å². The second-order valence-corrected chi connectivity index (χ2v) is 10.3. The Bertz CT molecular complexity index is 703. The van der Waals surface area contributed by atoms with Crippen LogP contribution in [0.4, 0.5) is 4.39 Å². The van der Waals surface area contributed by atoms with E-state index in [0.717, 1.165) is 25.7 Å². The molecule has 4 aliphatic carbocycles. The van der Waals surface area contributed by atoms with Crippen molar-refractivity contribution in [1.82, 2.24) is 0 Å². The van der Waals surface area contributed by atoms with E-state index in [1.54, 1.807) is 0 Å². The number of hydrogen-bond acceptors (Lipinski definition) is 4. The number of aliphatic hydroxyl groups is 2. The summed E-state index contributed by atoms with van der Waals surface area (Å²) in [6.45, 7) is 5.66. The lowest BCUT2D eigenvalue weighted by Gasteiger charge is -2.63. The van der Waals surface area contributed by atoms with Crippen molar-refractivity contribution in [2.75, 3.05) is 0 Å². The molecule has 0 aliphatic heterocycles. The summed E-state index contributed by atoms with van der Waals surface area (Å²) in [5, 5.41) is 21.3. The molecule has 4 nitrogen and oxygen atoms in total. The Hall–Kier alpha value is -1.12. The molecule has 4 fully saturated rings. The standard InChI is InChI=1S/C23H33FO4/c1-5-23(27)11-7-15-19-14(6-10-22(15,23)4)21(3)9-8-17(26)20(24)16(21)12-18(19)28-13(2)25/h1,14-20,26-27H,6-12H2,2-4H3/t14-,15-,16?,17+,18-,19+,20+,21+,22-,23-/m0/s1. The van der Waals surface area contributed by atoms with Gasteiger partial charge < -0.3 is 14.9 Å². The highest BCUT2D eigenvalue weighted by molar-refractivity contribution is 5.66. The quantitative estimate of drug-likeness (QED) is 0.531. The molecular formula is C23H33FO4. The number of fused-ring (bicyclic) bond motifs is 5. The molecule has 0 aromatic rings. The number of carbonyl (C=O) groups is 1. The van der Waals surface area contributed by atoms with Crippen molar-refractivity contribution >= 4 is 5.97 Å². The van der Waals surface area contributed by atoms with E-state index >= 15 is 4.39 Å². The first-order valence-electron chi connectivity index (χ1n) is 10.8. The van der Waals surface area contributed by atoms with Crippen LogP contribution in [-0.2, 0) is 9.53 Å². The summed E-state index contributed by atoms with van der Waals surface area (Å²) in [6, 6.07) is 0. The molecule has 4 rings (SSSR count). The molecule has 0 aromatic carbocycles. The van der Waals surface area contributed by atoms with Crippen molar-refractivity contribution in [2.24, 2.45) is 34.5 Å². The lowest BCUT2D eigenvalue weighted by molar-refractivity contribution is -0.211. The van der Waals surface area contributed by atoms with Crippen molar-refractivity contribution in [3.8, 4) is 12.3 Å². The average molecular weight is 393 g/mol. The fourth-order valence-electron chi connectivity index (χ4n) is 7.78. The second kappa shape index (κ2) is 6.44. The number of aliphatic hydroxyl groups excluding tert-OH is 1. The van der Waals surface area contributed by atoms with Gasteiger partial charge in [0, 0.05) is 24.2 Å². The molecule has 0 radical (unpaired) electrons. The topological polar surface area (TPSA) is 66.8 Å². The highest BCUT2D eigenvalue weighted by atomic mass is 19.1. The van der Waals surface area contributed by atoms with Crippen molar-refractivity contribution in [1.29, 1.82) is 0 Å². The molecule has 1 unspecified atom stereocenters. The van der Waals surface area contributed by atoms with Crippen LogP contribution in [0, 0.1) is 46.8 Å². The van der Waals surface area contributed by atoms with Crippen LogP contribution in [0.1, 0.15) is 65.7 Å². The third kappa shape index (κ3) is 2.53. The van der Waals surface area contributed by atoms with Gasteiger partial charge in [0.25, 0.3) is 0 Å². The molecule has 4 saturated carbocycles. The molecule has 0 aromatic heterocycles. The van der Waals surface area contributed by atoms with E-state index in [9.17, 15) is 15.0 Å². The molecule has 0 spiro atoms. The summed E-state index contributed by atoms with van der Waals surface area (Å²) < 4.78 is 20.9. The normalized spacial score (nSPS) is 55.4. The molecule has 2 N–H and O–H groups in total. The molecule has 28 heavy (non-hydrogen) atoms. The minimum absolute atomic E-state index is 0.0775. The SMILES string of the molecule is C#C[C@]1(O)CC[C@H]2[C@@H]3[C@@H](OC(C)=O)CC4[C@@H](F)[C@H](O)CC[C@]4(C)[C@H]3CC[C@@]21C. The maximum absolute atomic E-state index is 15.1. The smallest absolute Gasteiger partial charge is 0.302 e. The molecule has 156 valence electrons. The predicted octanol–water partition coefficient (Wildman–Crippen LogP) is 3.24.